The van der Waals surface area contributed by atoms with E-state index >= 15 is 0 Å². The Kier molecular flexibility index (Phi) is 10.3. The van der Waals surface area contributed by atoms with Crippen molar-refractivity contribution in [3.05, 3.63) is 65.2 Å². The van der Waals surface area contributed by atoms with E-state index in [0.717, 1.165) is 22.7 Å². The lowest BCUT2D eigenvalue weighted by Crippen LogP contribution is -2.51. The molecule has 0 heterocycles. The van der Waals surface area contributed by atoms with Gasteiger partial charge in [0.15, 0.2) is 0 Å². The molecule has 2 aromatic carbocycles. The summed E-state index contributed by atoms with van der Waals surface area (Å²) >= 11 is 5.86. The number of nitrogens with one attached hydrogen (secondary N) is 1. The highest BCUT2D eigenvalue weighted by Gasteiger charge is 2.31. The summed E-state index contributed by atoms with van der Waals surface area (Å²) in [5.74, 6) is -0.685. The molecule has 0 fully saturated rings. The zero-order chi connectivity index (χ0) is 24.4. The van der Waals surface area contributed by atoms with Gasteiger partial charge in [-0.15, -0.1) is 0 Å². The molecule has 9 heteroatoms. The summed E-state index contributed by atoms with van der Waals surface area (Å²) in [4.78, 5) is 27.7. The van der Waals surface area contributed by atoms with Crippen molar-refractivity contribution in [2.75, 3.05) is 20.1 Å². The van der Waals surface area contributed by atoms with Gasteiger partial charge in [0.25, 0.3) is 0 Å². The van der Waals surface area contributed by atoms with Gasteiger partial charge < -0.3 is 10.2 Å². The number of carbonyl (C=O) groups excluding carboxylic acids is 2. The first kappa shape index (κ1) is 26.8. The standard InChI is InChI=1S/C24H32ClN3O4S/c1-4-6-16-26-24(30)22(5-2)28(17-19-10-8-7-9-11-19)23(29)18-27(3)33(31,32)21-14-12-20(25)13-15-21/h7-15,22H,4-6,16-18H2,1-3H3,(H,26,30)/t22-/m1/s1. The minimum atomic E-state index is -3.90. The lowest BCUT2D eigenvalue weighted by molar-refractivity contribution is -0.141. The Morgan fingerprint density at radius 3 is 2.24 bits per heavy atom. The molecule has 2 amide bonds. The van der Waals surface area contributed by atoms with Crippen LogP contribution in [0, 0.1) is 0 Å². The lowest BCUT2D eigenvalue weighted by Gasteiger charge is -2.32. The molecule has 2 aromatic rings. The summed E-state index contributed by atoms with van der Waals surface area (Å²) in [6.07, 6.45) is 2.19. The smallest absolute Gasteiger partial charge is 0.243 e. The van der Waals surface area contributed by atoms with Crippen molar-refractivity contribution < 1.29 is 18.0 Å². The highest BCUT2D eigenvalue weighted by Crippen LogP contribution is 2.19. The van der Waals surface area contributed by atoms with E-state index in [-0.39, 0.29) is 17.3 Å². The molecule has 0 saturated carbocycles. The molecule has 0 radical (unpaired) electrons. The first-order valence-corrected chi connectivity index (χ1v) is 12.9. The van der Waals surface area contributed by atoms with Crippen LogP contribution >= 0.6 is 11.6 Å². The third kappa shape index (κ3) is 7.55. The number of unbranched alkanes of at least 4 members (excludes halogenated alkanes) is 1. The molecular formula is C24H32ClN3O4S. The predicted molar refractivity (Wildman–Crippen MR) is 130 cm³/mol. The molecule has 1 atom stereocenters. The fourth-order valence-electron chi connectivity index (χ4n) is 3.36. The fraction of sp³-hybridized carbons (Fsp3) is 0.417. The van der Waals surface area contributed by atoms with Crippen molar-refractivity contribution in [2.45, 2.75) is 50.6 Å². The van der Waals surface area contributed by atoms with Gasteiger partial charge in [-0.1, -0.05) is 62.2 Å². The van der Waals surface area contributed by atoms with Gasteiger partial charge in [-0.05, 0) is 42.7 Å². The van der Waals surface area contributed by atoms with Gasteiger partial charge in [0.05, 0.1) is 11.4 Å². The Labute approximate surface area is 201 Å². The molecule has 0 aliphatic heterocycles. The number of amides is 2. The topological polar surface area (TPSA) is 86.8 Å². The van der Waals surface area contributed by atoms with E-state index in [1.807, 2.05) is 44.2 Å². The number of likely N-dealkylation sites (N-methyl/N-ethyl adjacent to an activating group) is 1. The van der Waals surface area contributed by atoms with E-state index < -0.39 is 28.5 Å². The number of sulfonamides is 1. The van der Waals surface area contributed by atoms with Gasteiger partial charge in [-0.3, -0.25) is 9.59 Å². The van der Waals surface area contributed by atoms with Gasteiger partial charge >= 0.3 is 0 Å². The van der Waals surface area contributed by atoms with Crippen LogP contribution in [0.5, 0.6) is 0 Å². The Morgan fingerprint density at radius 1 is 1.03 bits per heavy atom. The Balaban J connectivity index is 2.26. The summed E-state index contributed by atoms with van der Waals surface area (Å²) < 4.78 is 26.9. The normalized spacial score (nSPS) is 12.4. The molecule has 2 rings (SSSR count). The number of nitrogens with zero attached hydrogens (tertiary/aromatic N) is 2. The van der Waals surface area contributed by atoms with Gasteiger partial charge in [-0.25, -0.2) is 8.42 Å². The number of halogens is 1. The van der Waals surface area contributed by atoms with E-state index in [1.165, 1.54) is 36.2 Å². The van der Waals surface area contributed by atoms with Crippen LogP contribution in [0.25, 0.3) is 0 Å². The molecule has 0 aromatic heterocycles. The molecule has 0 saturated heterocycles. The summed E-state index contributed by atoms with van der Waals surface area (Å²) in [6, 6.07) is 14.4. The molecule has 7 nitrogen and oxygen atoms in total. The summed E-state index contributed by atoms with van der Waals surface area (Å²) in [5.41, 5.74) is 0.855. The molecule has 180 valence electrons. The van der Waals surface area contributed by atoms with Gasteiger partial charge in [0.2, 0.25) is 21.8 Å². The first-order valence-electron chi connectivity index (χ1n) is 11.0. The maximum absolute atomic E-state index is 13.3. The average Bonchev–Trinajstić information content (AvgIpc) is 2.80. The van der Waals surface area contributed by atoms with Gasteiger partial charge in [-0.2, -0.15) is 4.31 Å². The molecule has 0 aliphatic carbocycles. The second-order valence-electron chi connectivity index (χ2n) is 7.79. The van der Waals surface area contributed by atoms with Crippen molar-refractivity contribution in [2.24, 2.45) is 0 Å². The average molecular weight is 494 g/mol. The Morgan fingerprint density at radius 2 is 1.67 bits per heavy atom. The molecule has 0 aliphatic rings. The number of hydrogen-bond acceptors (Lipinski definition) is 4. The monoisotopic (exact) mass is 493 g/mol. The van der Waals surface area contributed by atoms with Crippen molar-refractivity contribution in [1.29, 1.82) is 0 Å². The maximum Gasteiger partial charge on any atom is 0.243 e. The van der Waals surface area contributed by atoms with Crippen molar-refractivity contribution >= 4 is 33.4 Å². The number of rotatable bonds is 12. The largest absolute Gasteiger partial charge is 0.354 e. The minimum Gasteiger partial charge on any atom is -0.354 e. The molecular weight excluding hydrogens is 462 g/mol. The number of benzene rings is 2. The predicted octanol–water partition coefficient (Wildman–Crippen LogP) is 3.68. The van der Waals surface area contributed by atoms with Crippen LogP contribution in [0.2, 0.25) is 5.02 Å². The summed E-state index contributed by atoms with van der Waals surface area (Å²) in [6.45, 7) is 4.21. The van der Waals surface area contributed by atoms with E-state index in [2.05, 4.69) is 5.32 Å². The molecule has 0 bridgehead atoms. The Hall–Kier alpha value is -2.42. The fourth-order valence-corrected chi connectivity index (χ4v) is 4.60. The van der Waals surface area contributed by atoms with Crippen LogP contribution in [0.1, 0.15) is 38.7 Å². The van der Waals surface area contributed by atoms with Crippen molar-refractivity contribution in [1.82, 2.24) is 14.5 Å². The molecule has 0 unspecified atom stereocenters. The zero-order valence-corrected chi connectivity index (χ0v) is 20.9. The van der Waals surface area contributed by atoms with Crippen molar-refractivity contribution in [3.8, 4) is 0 Å². The quantitative estimate of drug-likeness (QED) is 0.457. The maximum atomic E-state index is 13.3. The number of hydrogen-bond donors (Lipinski definition) is 1. The third-order valence-electron chi connectivity index (χ3n) is 5.29. The van der Waals surface area contributed by atoms with Gasteiger partial charge in [0, 0.05) is 25.2 Å². The van der Waals surface area contributed by atoms with Gasteiger partial charge in [0.1, 0.15) is 6.04 Å². The minimum absolute atomic E-state index is 0.0427. The molecule has 33 heavy (non-hydrogen) atoms. The van der Waals surface area contributed by atoms with E-state index in [1.54, 1.807) is 0 Å². The molecule has 1 N–H and O–H groups in total. The second-order valence-corrected chi connectivity index (χ2v) is 10.3. The van der Waals surface area contributed by atoms with Crippen LogP contribution in [0.3, 0.4) is 0 Å². The summed E-state index contributed by atoms with van der Waals surface area (Å²) in [5, 5.41) is 3.31. The van der Waals surface area contributed by atoms with Crippen LogP contribution in [0.15, 0.2) is 59.5 Å². The van der Waals surface area contributed by atoms with Crippen LogP contribution in [0.4, 0.5) is 0 Å². The highest BCUT2D eigenvalue weighted by molar-refractivity contribution is 7.89. The van der Waals surface area contributed by atoms with E-state index in [9.17, 15) is 18.0 Å². The molecule has 0 spiro atoms. The second kappa shape index (κ2) is 12.7. The van der Waals surface area contributed by atoms with Crippen molar-refractivity contribution in [3.63, 3.8) is 0 Å². The first-order chi connectivity index (χ1) is 15.7. The lowest BCUT2D eigenvalue weighted by atomic mass is 10.1. The SMILES string of the molecule is CCCCNC(=O)[C@@H](CC)N(Cc1ccccc1)C(=O)CN(C)S(=O)(=O)c1ccc(Cl)cc1. The number of carbonyl (C=O) groups is 2. The van der Waals surface area contributed by atoms with Crippen LogP contribution < -0.4 is 5.32 Å². The van der Waals surface area contributed by atoms with E-state index in [0.29, 0.717) is 18.0 Å². The zero-order valence-electron chi connectivity index (χ0n) is 19.3. The van der Waals surface area contributed by atoms with Crippen LogP contribution in [-0.2, 0) is 26.2 Å². The van der Waals surface area contributed by atoms with E-state index in [4.69, 9.17) is 11.6 Å². The Bertz CT molecular complexity index is 1010. The highest BCUT2D eigenvalue weighted by atomic mass is 35.5. The van der Waals surface area contributed by atoms with Crippen LogP contribution in [-0.4, -0.2) is 55.6 Å². The summed E-state index contributed by atoms with van der Waals surface area (Å²) in [7, 11) is -2.55. The third-order valence-corrected chi connectivity index (χ3v) is 7.36.